The maximum absolute atomic E-state index is 13.1. The number of aromatic nitrogens is 1. The molecule has 27 heavy (non-hydrogen) atoms. The Morgan fingerprint density at radius 3 is 2.74 bits per heavy atom. The average molecular weight is 409 g/mol. The largest absolute Gasteiger partial charge is 0.417 e. The van der Waals surface area contributed by atoms with Gasteiger partial charge in [-0.1, -0.05) is 43.0 Å². The molecule has 1 aliphatic carbocycles. The van der Waals surface area contributed by atoms with E-state index in [-0.39, 0.29) is 17.3 Å². The van der Waals surface area contributed by atoms with E-state index in [0.29, 0.717) is 17.2 Å². The monoisotopic (exact) mass is 408 g/mol. The van der Waals surface area contributed by atoms with E-state index in [9.17, 15) is 13.2 Å². The Morgan fingerprint density at radius 1 is 1.30 bits per heavy atom. The van der Waals surface area contributed by atoms with Gasteiger partial charge in [-0.05, 0) is 30.4 Å². The van der Waals surface area contributed by atoms with E-state index in [1.807, 2.05) is 26.0 Å². The first-order valence-corrected chi connectivity index (χ1v) is 9.80. The molecule has 0 N–H and O–H groups in total. The van der Waals surface area contributed by atoms with Gasteiger partial charge in [0.05, 0.1) is 26.9 Å². The van der Waals surface area contributed by atoms with E-state index in [0.717, 1.165) is 28.5 Å². The first-order chi connectivity index (χ1) is 12.8. The maximum Gasteiger partial charge on any atom is 0.417 e. The number of alkyl halides is 3. The van der Waals surface area contributed by atoms with Crippen LogP contribution < -0.4 is 0 Å². The van der Waals surface area contributed by atoms with Crippen molar-refractivity contribution in [1.29, 1.82) is 0 Å². The van der Waals surface area contributed by atoms with Crippen LogP contribution in [0.2, 0.25) is 0 Å². The Hall–Kier alpha value is -1.97. The molecular formula is C20H16ClF3N2S. The third-order valence-electron chi connectivity index (χ3n) is 4.13. The highest BCUT2D eigenvalue weighted by molar-refractivity contribution is 8.03. The molecule has 0 fully saturated rings. The van der Waals surface area contributed by atoms with E-state index < -0.39 is 11.7 Å². The molecule has 2 nitrogen and oxygen atoms in total. The summed E-state index contributed by atoms with van der Waals surface area (Å²) in [6.07, 6.45) is 2.40. The number of halogens is 4. The molecule has 0 amide bonds. The van der Waals surface area contributed by atoms with Gasteiger partial charge < -0.3 is 0 Å². The summed E-state index contributed by atoms with van der Waals surface area (Å²) >= 11 is 7.96. The van der Waals surface area contributed by atoms with E-state index in [4.69, 9.17) is 11.6 Å². The molecule has 0 saturated carbocycles. The highest BCUT2D eigenvalue weighted by Gasteiger charge is 2.33. The summed E-state index contributed by atoms with van der Waals surface area (Å²) in [5, 5.41) is 0.306. The number of hydrogen-bond donors (Lipinski definition) is 0. The summed E-state index contributed by atoms with van der Waals surface area (Å²) in [5.74, 6) is 0.686. The number of aliphatic imine (C=N–C) groups is 1. The standard InChI is InChI=1S/C20H16ClF3N2S/c1-3-12-9-15(21)19-16(10-13(11-25-19)20(22,23)24)26-18(12)14-7-5-6-8-17(14)27-4-2/h5,7,9-12H,3-4H2,1-2H3. The SMILES string of the molecule is CCSC1=C=C=CC=C1C1=Nc2cc(C(F)(F)F)cnc2C(Cl)=CC1CC. The summed E-state index contributed by atoms with van der Waals surface area (Å²) in [6, 6.07) is 1.00. The molecule has 2 aliphatic rings. The predicted molar refractivity (Wildman–Crippen MR) is 105 cm³/mol. The van der Waals surface area contributed by atoms with Gasteiger partial charge >= 0.3 is 6.18 Å². The molecule has 1 aromatic rings. The summed E-state index contributed by atoms with van der Waals surface area (Å²) < 4.78 is 39.4. The van der Waals surface area contributed by atoms with Crippen molar-refractivity contribution in [3.8, 4) is 0 Å². The smallest absolute Gasteiger partial charge is 0.252 e. The van der Waals surface area contributed by atoms with Gasteiger partial charge in [-0.25, -0.2) is 4.99 Å². The summed E-state index contributed by atoms with van der Waals surface area (Å²) in [6.45, 7) is 4.00. The van der Waals surface area contributed by atoms with E-state index in [2.05, 4.69) is 21.4 Å². The fourth-order valence-electron chi connectivity index (χ4n) is 2.83. The molecule has 0 bridgehead atoms. The van der Waals surface area contributed by atoms with Crippen LogP contribution in [0.15, 0.2) is 57.4 Å². The van der Waals surface area contributed by atoms with Gasteiger partial charge in [0.25, 0.3) is 0 Å². The van der Waals surface area contributed by atoms with Gasteiger partial charge in [0.2, 0.25) is 0 Å². The lowest BCUT2D eigenvalue weighted by Gasteiger charge is -2.18. The molecule has 1 aliphatic heterocycles. The zero-order valence-electron chi connectivity index (χ0n) is 14.7. The molecule has 2 heterocycles. The number of allylic oxidation sites excluding steroid dienone is 4. The van der Waals surface area contributed by atoms with Crippen molar-refractivity contribution in [2.24, 2.45) is 10.9 Å². The first kappa shape index (κ1) is 19.8. The third-order valence-corrected chi connectivity index (χ3v) is 5.33. The molecule has 1 unspecified atom stereocenters. The predicted octanol–water partition coefficient (Wildman–Crippen LogP) is 6.68. The van der Waals surface area contributed by atoms with E-state index >= 15 is 0 Å². The van der Waals surface area contributed by atoms with Crippen molar-refractivity contribution in [2.75, 3.05) is 5.75 Å². The zero-order chi connectivity index (χ0) is 19.6. The summed E-state index contributed by atoms with van der Waals surface area (Å²) in [4.78, 5) is 9.40. The maximum atomic E-state index is 13.1. The number of pyridine rings is 1. The van der Waals surface area contributed by atoms with Gasteiger partial charge in [-0.2, -0.15) is 13.2 Å². The lowest BCUT2D eigenvalue weighted by Crippen LogP contribution is -2.15. The van der Waals surface area contributed by atoms with Crippen LogP contribution in [0.3, 0.4) is 0 Å². The lowest BCUT2D eigenvalue weighted by molar-refractivity contribution is -0.137. The number of thioether (sulfide) groups is 1. The third kappa shape index (κ3) is 4.15. The first-order valence-electron chi connectivity index (χ1n) is 8.44. The van der Waals surface area contributed by atoms with Crippen LogP contribution in [0.4, 0.5) is 18.9 Å². The van der Waals surface area contributed by atoms with Gasteiger partial charge in [-0.3, -0.25) is 4.98 Å². The van der Waals surface area contributed by atoms with Crippen LogP contribution in [-0.4, -0.2) is 16.4 Å². The Labute approximate surface area is 164 Å². The molecule has 1 atom stereocenters. The molecule has 7 heteroatoms. The van der Waals surface area contributed by atoms with Crippen molar-refractivity contribution in [1.82, 2.24) is 4.98 Å². The minimum Gasteiger partial charge on any atom is -0.252 e. The molecule has 0 spiro atoms. The van der Waals surface area contributed by atoms with Gasteiger partial charge in [0.15, 0.2) is 0 Å². The minimum atomic E-state index is -4.50. The molecule has 0 saturated heterocycles. The fraction of sp³-hybridized carbons (Fsp3) is 0.300. The highest BCUT2D eigenvalue weighted by atomic mass is 35.5. The second-order valence-electron chi connectivity index (χ2n) is 5.89. The normalized spacial score (nSPS) is 19.0. The van der Waals surface area contributed by atoms with Crippen LogP contribution in [0, 0.1) is 5.92 Å². The fourth-order valence-corrected chi connectivity index (χ4v) is 3.88. The molecule has 0 radical (unpaired) electrons. The lowest BCUT2D eigenvalue weighted by atomic mass is 9.92. The van der Waals surface area contributed by atoms with E-state index in [1.54, 1.807) is 17.8 Å². The van der Waals surface area contributed by atoms with Crippen LogP contribution >= 0.6 is 23.4 Å². The Bertz CT molecular complexity index is 960. The number of fused-ring (bicyclic) bond motifs is 1. The topological polar surface area (TPSA) is 25.2 Å². The van der Waals surface area contributed by atoms with Crippen LogP contribution in [0.25, 0.3) is 5.03 Å². The van der Waals surface area contributed by atoms with Crippen molar-refractivity contribution < 1.29 is 13.2 Å². The second kappa shape index (κ2) is 7.95. The van der Waals surface area contributed by atoms with Crippen LogP contribution in [0.5, 0.6) is 0 Å². The molecule has 3 rings (SSSR count). The average Bonchev–Trinajstić information content (AvgIpc) is 2.78. The molecule has 1 aromatic heterocycles. The number of rotatable bonds is 4. The van der Waals surface area contributed by atoms with Crippen LogP contribution in [-0.2, 0) is 6.18 Å². The van der Waals surface area contributed by atoms with Crippen LogP contribution in [0.1, 0.15) is 31.5 Å². The van der Waals surface area contributed by atoms with E-state index in [1.165, 1.54) is 0 Å². The number of nitrogens with zero attached hydrogens (tertiary/aromatic N) is 2. The zero-order valence-corrected chi connectivity index (χ0v) is 16.3. The highest BCUT2D eigenvalue weighted by Crippen LogP contribution is 2.40. The van der Waals surface area contributed by atoms with Gasteiger partial charge in [0.1, 0.15) is 5.69 Å². The number of hydrogen-bond acceptors (Lipinski definition) is 3. The summed E-state index contributed by atoms with van der Waals surface area (Å²) in [5.41, 5.74) is 7.04. The van der Waals surface area contributed by atoms with Crippen molar-refractivity contribution in [3.63, 3.8) is 0 Å². The minimum absolute atomic E-state index is 0.123. The quantitative estimate of drug-likeness (QED) is 0.519. The Kier molecular flexibility index (Phi) is 5.83. The summed E-state index contributed by atoms with van der Waals surface area (Å²) in [7, 11) is 0. The van der Waals surface area contributed by atoms with Crippen molar-refractivity contribution in [3.05, 3.63) is 63.7 Å². The van der Waals surface area contributed by atoms with Crippen molar-refractivity contribution >= 4 is 39.8 Å². The Balaban J connectivity index is 2.19. The molecular weight excluding hydrogens is 393 g/mol. The molecule has 140 valence electrons. The van der Waals surface area contributed by atoms with Gasteiger partial charge in [0, 0.05) is 17.7 Å². The Morgan fingerprint density at radius 2 is 2.07 bits per heavy atom. The van der Waals surface area contributed by atoms with Gasteiger partial charge in [-0.15, -0.1) is 11.8 Å². The molecule has 0 aromatic carbocycles. The van der Waals surface area contributed by atoms with Crippen molar-refractivity contribution in [2.45, 2.75) is 26.4 Å². The second-order valence-corrected chi connectivity index (χ2v) is 7.58.